The highest BCUT2D eigenvalue weighted by atomic mass is 19.1. The molecule has 0 amide bonds. The first-order chi connectivity index (χ1) is 7.16. The molecule has 1 aliphatic rings. The summed E-state index contributed by atoms with van der Waals surface area (Å²) in [6.07, 6.45) is 0.969. The Bertz CT molecular complexity index is 327. The lowest BCUT2D eigenvalue weighted by atomic mass is 9.92. The molecule has 0 saturated carbocycles. The van der Waals surface area contributed by atoms with Crippen LogP contribution in [0.4, 0.5) is 4.39 Å². The van der Waals surface area contributed by atoms with Crippen molar-refractivity contribution in [2.24, 2.45) is 11.7 Å². The summed E-state index contributed by atoms with van der Waals surface area (Å²) in [5, 5.41) is 0. The van der Waals surface area contributed by atoms with Gasteiger partial charge in [-0.1, -0.05) is 6.07 Å². The van der Waals surface area contributed by atoms with Crippen molar-refractivity contribution in [1.82, 2.24) is 0 Å². The summed E-state index contributed by atoms with van der Waals surface area (Å²) in [6.45, 7) is 3.34. The van der Waals surface area contributed by atoms with Crippen molar-refractivity contribution in [3.63, 3.8) is 0 Å². The fourth-order valence-electron chi connectivity index (χ4n) is 2.07. The second kappa shape index (κ2) is 4.29. The third-order valence-corrected chi connectivity index (χ3v) is 2.92. The third-order valence-electron chi connectivity index (χ3n) is 2.92. The van der Waals surface area contributed by atoms with E-state index in [9.17, 15) is 4.39 Å². The Morgan fingerprint density at radius 1 is 1.47 bits per heavy atom. The molecule has 82 valence electrons. The van der Waals surface area contributed by atoms with Crippen molar-refractivity contribution in [1.29, 1.82) is 0 Å². The fraction of sp³-hybridized carbons (Fsp3) is 0.500. The number of ether oxygens (including phenoxy) is 1. The zero-order chi connectivity index (χ0) is 10.8. The van der Waals surface area contributed by atoms with E-state index in [1.54, 1.807) is 0 Å². The molecule has 2 nitrogen and oxygen atoms in total. The van der Waals surface area contributed by atoms with E-state index in [1.165, 1.54) is 12.1 Å². The molecule has 0 spiro atoms. The number of benzene rings is 1. The van der Waals surface area contributed by atoms with Crippen molar-refractivity contribution < 1.29 is 9.13 Å². The number of hydrogen-bond acceptors (Lipinski definition) is 2. The number of rotatable bonds is 2. The predicted octanol–water partition coefficient (Wildman–Crippen LogP) is 2.17. The van der Waals surface area contributed by atoms with Gasteiger partial charge in [0.25, 0.3) is 0 Å². The Labute approximate surface area is 89.2 Å². The van der Waals surface area contributed by atoms with E-state index in [0.717, 1.165) is 24.2 Å². The van der Waals surface area contributed by atoms with Crippen LogP contribution in [0.5, 0.6) is 0 Å². The zero-order valence-electron chi connectivity index (χ0n) is 8.87. The van der Waals surface area contributed by atoms with Gasteiger partial charge in [0.05, 0.1) is 6.61 Å². The van der Waals surface area contributed by atoms with Crippen LogP contribution in [0.1, 0.15) is 23.6 Å². The highest BCUT2D eigenvalue weighted by Gasteiger charge is 2.24. The second-order valence-corrected chi connectivity index (χ2v) is 4.21. The molecule has 0 radical (unpaired) electrons. The van der Waals surface area contributed by atoms with Crippen molar-refractivity contribution in [3.8, 4) is 0 Å². The van der Waals surface area contributed by atoms with E-state index in [4.69, 9.17) is 10.5 Å². The number of hydrogen-bond donors (Lipinski definition) is 1. The molecule has 1 aliphatic heterocycles. The van der Waals surface area contributed by atoms with Gasteiger partial charge in [0.15, 0.2) is 0 Å². The summed E-state index contributed by atoms with van der Waals surface area (Å²) in [7, 11) is 0. The van der Waals surface area contributed by atoms with E-state index in [2.05, 4.69) is 0 Å². The maximum absolute atomic E-state index is 13.2. The van der Waals surface area contributed by atoms with E-state index in [1.807, 2.05) is 13.0 Å². The minimum absolute atomic E-state index is 0.109. The van der Waals surface area contributed by atoms with Crippen LogP contribution in [0.3, 0.4) is 0 Å². The molecule has 3 heteroatoms. The van der Waals surface area contributed by atoms with Crippen molar-refractivity contribution in [2.45, 2.75) is 19.4 Å². The molecule has 2 N–H and O–H groups in total. The van der Waals surface area contributed by atoms with E-state index >= 15 is 0 Å². The number of aryl methyl sites for hydroxylation is 1. The van der Waals surface area contributed by atoms with Gasteiger partial charge >= 0.3 is 0 Å². The smallest absolute Gasteiger partial charge is 0.123 e. The van der Waals surface area contributed by atoms with Crippen LogP contribution in [-0.2, 0) is 4.74 Å². The molecule has 0 bridgehead atoms. The van der Waals surface area contributed by atoms with Gasteiger partial charge in [-0.3, -0.25) is 0 Å². The second-order valence-electron chi connectivity index (χ2n) is 4.21. The van der Waals surface area contributed by atoms with Gasteiger partial charge in [-0.2, -0.15) is 0 Å². The molecule has 1 heterocycles. The molecule has 0 aliphatic carbocycles. The van der Waals surface area contributed by atoms with E-state index < -0.39 is 0 Å². The zero-order valence-corrected chi connectivity index (χ0v) is 8.87. The summed E-state index contributed by atoms with van der Waals surface area (Å²) < 4.78 is 18.5. The Morgan fingerprint density at radius 3 is 2.87 bits per heavy atom. The number of nitrogens with two attached hydrogens (primary N) is 1. The predicted molar refractivity (Wildman–Crippen MR) is 57.0 cm³/mol. The van der Waals surface area contributed by atoms with Crippen molar-refractivity contribution >= 4 is 0 Å². The first kappa shape index (κ1) is 10.6. The average molecular weight is 209 g/mol. The standard InChI is InChI=1S/C12H16FNO/c1-8-4-10(6-11(13)5-8)12(14)9-2-3-15-7-9/h4-6,9,12H,2-3,7,14H2,1H3. The fourth-order valence-corrected chi connectivity index (χ4v) is 2.07. The van der Waals surface area contributed by atoms with Crippen LogP contribution in [0, 0.1) is 18.7 Å². The topological polar surface area (TPSA) is 35.2 Å². The largest absolute Gasteiger partial charge is 0.381 e. The van der Waals surface area contributed by atoms with Gasteiger partial charge in [-0.25, -0.2) is 4.39 Å². The molecule has 2 atom stereocenters. The Hall–Kier alpha value is -0.930. The molecule has 1 aromatic carbocycles. The Kier molecular flexibility index (Phi) is 3.03. The quantitative estimate of drug-likeness (QED) is 0.810. The van der Waals surface area contributed by atoms with Crippen LogP contribution >= 0.6 is 0 Å². The summed E-state index contributed by atoms with van der Waals surface area (Å²) in [5.74, 6) is 0.116. The van der Waals surface area contributed by atoms with Crippen LogP contribution in [-0.4, -0.2) is 13.2 Å². The van der Waals surface area contributed by atoms with Gasteiger partial charge in [0.1, 0.15) is 5.82 Å². The van der Waals surface area contributed by atoms with Crippen LogP contribution in [0.2, 0.25) is 0 Å². The maximum Gasteiger partial charge on any atom is 0.123 e. The molecule has 2 unspecified atom stereocenters. The van der Waals surface area contributed by atoms with Crippen molar-refractivity contribution in [2.75, 3.05) is 13.2 Å². The molecule has 1 fully saturated rings. The van der Waals surface area contributed by atoms with Gasteiger partial charge in [-0.15, -0.1) is 0 Å². The minimum atomic E-state index is -0.209. The van der Waals surface area contributed by atoms with Crippen LogP contribution < -0.4 is 5.73 Å². The summed E-state index contributed by atoms with van der Waals surface area (Å²) in [6, 6.07) is 4.88. The molecule has 1 saturated heterocycles. The van der Waals surface area contributed by atoms with Gasteiger partial charge < -0.3 is 10.5 Å². The van der Waals surface area contributed by atoms with Gasteiger partial charge in [0.2, 0.25) is 0 Å². The normalized spacial score (nSPS) is 23.0. The highest BCUT2D eigenvalue weighted by molar-refractivity contribution is 5.26. The van der Waals surface area contributed by atoms with Gasteiger partial charge in [-0.05, 0) is 36.6 Å². The lowest BCUT2D eigenvalue weighted by Crippen LogP contribution is -2.21. The highest BCUT2D eigenvalue weighted by Crippen LogP contribution is 2.27. The SMILES string of the molecule is Cc1cc(F)cc(C(N)C2CCOC2)c1. The maximum atomic E-state index is 13.2. The van der Waals surface area contributed by atoms with Crippen LogP contribution in [0.25, 0.3) is 0 Å². The first-order valence-electron chi connectivity index (χ1n) is 5.27. The third kappa shape index (κ3) is 2.36. The first-order valence-corrected chi connectivity index (χ1v) is 5.27. The molecular weight excluding hydrogens is 193 g/mol. The molecule has 2 rings (SSSR count). The molecule has 0 aromatic heterocycles. The average Bonchev–Trinajstić information content (AvgIpc) is 2.67. The molecule has 1 aromatic rings. The van der Waals surface area contributed by atoms with E-state index in [0.29, 0.717) is 12.5 Å². The Morgan fingerprint density at radius 2 is 2.27 bits per heavy atom. The minimum Gasteiger partial charge on any atom is -0.381 e. The molecule has 15 heavy (non-hydrogen) atoms. The summed E-state index contributed by atoms with van der Waals surface area (Å²) in [5.41, 5.74) is 7.89. The lowest BCUT2D eigenvalue weighted by Gasteiger charge is -2.18. The van der Waals surface area contributed by atoms with E-state index in [-0.39, 0.29) is 11.9 Å². The van der Waals surface area contributed by atoms with Gasteiger partial charge in [0, 0.05) is 18.6 Å². The monoisotopic (exact) mass is 209 g/mol. The number of halogens is 1. The molecular formula is C12H16FNO. The van der Waals surface area contributed by atoms with Crippen molar-refractivity contribution in [3.05, 3.63) is 35.1 Å². The van der Waals surface area contributed by atoms with Crippen LogP contribution in [0.15, 0.2) is 18.2 Å². The Balaban J connectivity index is 2.20. The summed E-state index contributed by atoms with van der Waals surface area (Å²) >= 11 is 0. The lowest BCUT2D eigenvalue weighted by molar-refractivity contribution is 0.181. The summed E-state index contributed by atoms with van der Waals surface area (Å²) in [4.78, 5) is 0.